The van der Waals surface area contributed by atoms with Crippen molar-refractivity contribution in [3.8, 4) is 0 Å². The summed E-state index contributed by atoms with van der Waals surface area (Å²) < 4.78 is 52.0. The van der Waals surface area contributed by atoms with E-state index < -0.39 is 11.7 Å². The molecule has 2 fully saturated rings. The Balaban J connectivity index is 0.00000363. The number of ether oxygens (including phenoxy) is 2. The fourth-order valence-corrected chi connectivity index (χ4v) is 4.08. The van der Waals surface area contributed by atoms with Crippen molar-refractivity contribution in [2.24, 2.45) is 10.9 Å². The third-order valence-electron chi connectivity index (χ3n) is 6.00. The van der Waals surface area contributed by atoms with Crippen LogP contribution in [0.5, 0.6) is 0 Å². The van der Waals surface area contributed by atoms with Gasteiger partial charge in [-0.05, 0) is 42.9 Å². The summed E-state index contributed by atoms with van der Waals surface area (Å²) in [4.78, 5) is 8.16. The van der Waals surface area contributed by atoms with Crippen LogP contribution in [-0.2, 0) is 22.2 Å². The van der Waals surface area contributed by atoms with Gasteiger partial charge in [0.2, 0.25) is 0 Å². The molecule has 32 heavy (non-hydrogen) atoms. The van der Waals surface area contributed by atoms with E-state index in [0.717, 1.165) is 39.0 Å². The highest BCUT2D eigenvalue weighted by atomic mass is 127. The number of rotatable bonds is 6. The number of hydrogen-bond donors (Lipinski definition) is 1. The van der Waals surface area contributed by atoms with E-state index in [9.17, 15) is 13.2 Å². The number of morpholine rings is 1. The second-order valence-corrected chi connectivity index (χ2v) is 8.11. The molecule has 6 nitrogen and oxygen atoms in total. The van der Waals surface area contributed by atoms with Crippen LogP contribution in [0.3, 0.4) is 0 Å². The van der Waals surface area contributed by atoms with Crippen LogP contribution in [0.2, 0.25) is 0 Å². The Morgan fingerprint density at radius 2 is 1.81 bits per heavy atom. The van der Waals surface area contributed by atoms with Crippen molar-refractivity contribution in [1.82, 2.24) is 10.2 Å². The van der Waals surface area contributed by atoms with Crippen molar-refractivity contribution in [2.45, 2.75) is 32.0 Å². The van der Waals surface area contributed by atoms with Gasteiger partial charge in [-0.15, -0.1) is 24.0 Å². The van der Waals surface area contributed by atoms with Gasteiger partial charge in [-0.1, -0.05) is 6.07 Å². The number of benzene rings is 1. The molecule has 182 valence electrons. The minimum Gasteiger partial charge on any atom is -0.381 e. The molecule has 2 aliphatic heterocycles. The van der Waals surface area contributed by atoms with Crippen LogP contribution < -0.4 is 10.2 Å². The molecular weight excluding hydrogens is 536 g/mol. The Hall–Kier alpha value is -1.27. The summed E-state index contributed by atoms with van der Waals surface area (Å²) >= 11 is 0. The predicted molar refractivity (Wildman–Crippen MR) is 131 cm³/mol. The summed E-state index contributed by atoms with van der Waals surface area (Å²) in [5.41, 5.74) is 0.185. The zero-order valence-corrected chi connectivity index (χ0v) is 21.1. The molecule has 0 radical (unpaired) electrons. The average Bonchev–Trinajstić information content (AvgIpc) is 2.78. The monoisotopic (exact) mass is 570 g/mol. The fraction of sp³-hybridized carbons (Fsp3) is 0.682. The summed E-state index contributed by atoms with van der Waals surface area (Å²) in [7, 11) is 3.57. The zero-order chi connectivity index (χ0) is 22.3. The van der Waals surface area contributed by atoms with Gasteiger partial charge in [-0.3, -0.25) is 4.99 Å². The number of hydrogen-bond acceptors (Lipinski definition) is 4. The first kappa shape index (κ1) is 27.0. The SMILES string of the molecule is CN=C(NCc1ccc(N2CCOCC2)cc1C(F)(F)F)N(C)CCC1CCOCC1.I. The number of nitrogens with one attached hydrogen (secondary N) is 1. The van der Waals surface area contributed by atoms with Crippen molar-refractivity contribution in [1.29, 1.82) is 0 Å². The minimum atomic E-state index is -4.42. The normalized spacial score (nSPS) is 18.3. The van der Waals surface area contributed by atoms with Crippen LogP contribution in [0.25, 0.3) is 0 Å². The maximum atomic E-state index is 13.8. The second kappa shape index (κ2) is 12.8. The molecule has 0 saturated carbocycles. The fourth-order valence-electron chi connectivity index (χ4n) is 4.08. The summed E-state index contributed by atoms with van der Waals surface area (Å²) in [5, 5.41) is 3.10. The summed E-state index contributed by atoms with van der Waals surface area (Å²) in [6.45, 7) is 4.73. The largest absolute Gasteiger partial charge is 0.416 e. The molecule has 2 heterocycles. The van der Waals surface area contributed by atoms with Crippen LogP contribution in [0.4, 0.5) is 18.9 Å². The first-order chi connectivity index (χ1) is 14.9. The number of alkyl halides is 3. The quantitative estimate of drug-likeness (QED) is 0.319. The molecule has 0 atom stereocenters. The molecule has 1 aromatic carbocycles. The summed E-state index contributed by atoms with van der Waals surface area (Å²) in [6, 6.07) is 4.57. The molecule has 1 N–H and O–H groups in total. The van der Waals surface area contributed by atoms with Gasteiger partial charge in [0.15, 0.2) is 5.96 Å². The lowest BCUT2D eigenvalue weighted by Gasteiger charge is -2.30. The van der Waals surface area contributed by atoms with Gasteiger partial charge in [-0.25, -0.2) is 0 Å². The van der Waals surface area contributed by atoms with Gasteiger partial charge in [0.25, 0.3) is 0 Å². The predicted octanol–water partition coefficient (Wildman–Crippen LogP) is 3.98. The molecule has 1 aromatic rings. The van der Waals surface area contributed by atoms with E-state index in [2.05, 4.69) is 10.3 Å². The lowest BCUT2D eigenvalue weighted by molar-refractivity contribution is -0.138. The lowest BCUT2D eigenvalue weighted by atomic mass is 9.96. The van der Waals surface area contributed by atoms with E-state index in [-0.39, 0.29) is 36.1 Å². The van der Waals surface area contributed by atoms with E-state index in [0.29, 0.717) is 43.9 Å². The highest BCUT2D eigenvalue weighted by Gasteiger charge is 2.34. The van der Waals surface area contributed by atoms with E-state index >= 15 is 0 Å². The molecule has 0 aromatic heterocycles. The Kier molecular flexibility index (Phi) is 10.8. The first-order valence-electron chi connectivity index (χ1n) is 10.9. The van der Waals surface area contributed by atoms with Gasteiger partial charge in [0.05, 0.1) is 18.8 Å². The number of nitrogens with zero attached hydrogens (tertiary/aromatic N) is 3. The molecule has 0 unspecified atom stereocenters. The summed E-state index contributed by atoms with van der Waals surface area (Å²) in [5.74, 6) is 1.22. The van der Waals surface area contributed by atoms with Crippen LogP contribution in [0, 0.1) is 5.92 Å². The van der Waals surface area contributed by atoms with Crippen LogP contribution in [0.15, 0.2) is 23.2 Å². The Morgan fingerprint density at radius 3 is 2.44 bits per heavy atom. The Bertz CT molecular complexity index is 736. The van der Waals surface area contributed by atoms with E-state index in [1.807, 2.05) is 16.8 Å². The van der Waals surface area contributed by atoms with Gasteiger partial charge in [0.1, 0.15) is 0 Å². The van der Waals surface area contributed by atoms with E-state index in [1.54, 1.807) is 19.2 Å². The van der Waals surface area contributed by atoms with Crippen LogP contribution >= 0.6 is 24.0 Å². The highest BCUT2D eigenvalue weighted by molar-refractivity contribution is 14.0. The first-order valence-corrected chi connectivity index (χ1v) is 10.9. The smallest absolute Gasteiger partial charge is 0.381 e. The molecule has 2 saturated heterocycles. The number of guanidine groups is 1. The number of anilines is 1. The Morgan fingerprint density at radius 1 is 1.16 bits per heavy atom. The third kappa shape index (κ3) is 7.65. The van der Waals surface area contributed by atoms with Crippen molar-refractivity contribution >= 4 is 35.6 Å². The molecular formula is C22H34F3IN4O2. The van der Waals surface area contributed by atoms with Crippen molar-refractivity contribution < 1.29 is 22.6 Å². The van der Waals surface area contributed by atoms with Crippen molar-refractivity contribution in [2.75, 3.05) is 65.1 Å². The Labute approximate surface area is 205 Å². The van der Waals surface area contributed by atoms with Gasteiger partial charge in [0, 0.05) is 59.2 Å². The zero-order valence-electron chi connectivity index (χ0n) is 18.8. The van der Waals surface area contributed by atoms with Gasteiger partial charge >= 0.3 is 6.18 Å². The maximum Gasteiger partial charge on any atom is 0.416 e. The molecule has 0 amide bonds. The van der Waals surface area contributed by atoms with Crippen molar-refractivity contribution in [3.05, 3.63) is 29.3 Å². The number of halogens is 4. The lowest BCUT2D eigenvalue weighted by Crippen LogP contribution is -2.40. The second-order valence-electron chi connectivity index (χ2n) is 8.11. The maximum absolute atomic E-state index is 13.8. The average molecular weight is 570 g/mol. The van der Waals surface area contributed by atoms with Crippen LogP contribution in [-0.4, -0.2) is 71.0 Å². The standard InChI is InChI=1S/C22H33F3N4O2.HI/c1-26-21(28(2)8-5-17-6-11-30-12-7-17)27-16-18-3-4-19(15-20(18)22(23,24)25)29-9-13-31-14-10-29;/h3-4,15,17H,5-14,16H2,1-2H3,(H,26,27);1H. The molecule has 0 bridgehead atoms. The number of aliphatic imine (C=N–C) groups is 1. The highest BCUT2D eigenvalue weighted by Crippen LogP contribution is 2.35. The molecule has 2 aliphatic rings. The molecule has 0 aliphatic carbocycles. The van der Waals surface area contributed by atoms with Crippen molar-refractivity contribution in [3.63, 3.8) is 0 Å². The van der Waals surface area contributed by atoms with Crippen LogP contribution in [0.1, 0.15) is 30.4 Å². The topological polar surface area (TPSA) is 49.3 Å². The third-order valence-corrected chi connectivity index (χ3v) is 6.00. The van der Waals surface area contributed by atoms with E-state index in [1.165, 1.54) is 6.07 Å². The van der Waals surface area contributed by atoms with Gasteiger partial charge < -0.3 is 24.6 Å². The minimum absolute atomic E-state index is 0. The molecule has 0 spiro atoms. The summed E-state index contributed by atoms with van der Waals surface area (Å²) in [6.07, 6.45) is -1.28. The molecule has 3 rings (SSSR count). The van der Waals surface area contributed by atoms with E-state index in [4.69, 9.17) is 9.47 Å². The molecule has 10 heteroatoms. The van der Waals surface area contributed by atoms with Gasteiger partial charge in [-0.2, -0.15) is 13.2 Å².